The molecule has 2 aliphatic rings. The van der Waals surface area contributed by atoms with Gasteiger partial charge in [-0.25, -0.2) is 0 Å². The molecule has 0 aromatic rings. The Balaban J connectivity index is 2.16. The van der Waals surface area contributed by atoms with Crippen LogP contribution in [0.1, 0.15) is 33.1 Å². The summed E-state index contributed by atoms with van der Waals surface area (Å²) in [4.78, 5) is 10.9. The minimum Gasteiger partial charge on any atom is -0.347 e. The molecule has 0 aromatic carbocycles. The van der Waals surface area contributed by atoms with Crippen molar-refractivity contribution in [1.29, 1.82) is 0 Å². The standard InChI is InChI=1S/C12H20O3/c1-9-3-4-11(10(2)8-13)12(7-9)14-5-6-15-12/h8-11H,3-7H2,1-2H3. The lowest BCUT2D eigenvalue weighted by Crippen LogP contribution is -2.47. The van der Waals surface area contributed by atoms with Gasteiger partial charge in [-0.2, -0.15) is 0 Å². The molecule has 1 spiro atoms. The van der Waals surface area contributed by atoms with Gasteiger partial charge in [0.1, 0.15) is 6.29 Å². The van der Waals surface area contributed by atoms with Gasteiger partial charge in [-0.3, -0.25) is 0 Å². The Kier molecular flexibility index (Phi) is 3.12. The number of hydrogen-bond donors (Lipinski definition) is 0. The third-order valence-electron chi connectivity index (χ3n) is 3.79. The number of carbonyl (C=O) groups is 1. The molecule has 0 bridgehead atoms. The van der Waals surface area contributed by atoms with Crippen LogP contribution in [0, 0.1) is 17.8 Å². The Morgan fingerprint density at radius 3 is 2.60 bits per heavy atom. The summed E-state index contributed by atoms with van der Waals surface area (Å²) in [5, 5.41) is 0. The molecule has 0 aromatic heterocycles. The second-order valence-corrected chi connectivity index (χ2v) is 5.00. The van der Waals surface area contributed by atoms with Crippen molar-refractivity contribution >= 4 is 6.29 Å². The van der Waals surface area contributed by atoms with Crippen LogP contribution in [0.2, 0.25) is 0 Å². The molecular formula is C12H20O3. The third-order valence-corrected chi connectivity index (χ3v) is 3.79. The maximum absolute atomic E-state index is 10.9. The predicted octanol–water partition coefficient (Wildman–Crippen LogP) is 2.00. The van der Waals surface area contributed by atoms with E-state index in [9.17, 15) is 4.79 Å². The van der Waals surface area contributed by atoms with Gasteiger partial charge in [0.25, 0.3) is 0 Å². The molecule has 3 unspecified atom stereocenters. The Labute approximate surface area is 91.1 Å². The lowest BCUT2D eigenvalue weighted by atomic mass is 9.73. The van der Waals surface area contributed by atoms with Crippen LogP contribution in [0.5, 0.6) is 0 Å². The zero-order valence-corrected chi connectivity index (χ0v) is 9.57. The van der Waals surface area contributed by atoms with Crippen LogP contribution < -0.4 is 0 Å². The summed E-state index contributed by atoms with van der Waals surface area (Å²) in [7, 11) is 0. The van der Waals surface area contributed by atoms with Crippen molar-refractivity contribution in [1.82, 2.24) is 0 Å². The van der Waals surface area contributed by atoms with E-state index in [-0.39, 0.29) is 11.8 Å². The molecule has 3 atom stereocenters. The van der Waals surface area contributed by atoms with Crippen LogP contribution in [0.15, 0.2) is 0 Å². The third kappa shape index (κ3) is 1.95. The highest BCUT2D eigenvalue weighted by atomic mass is 16.7. The van der Waals surface area contributed by atoms with E-state index in [1.807, 2.05) is 6.92 Å². The lowest BCUT2D eigenvalue weighted by molar-refractivity contribution is -0.229. The maximum Gasteiger partial charge on any atom is 0.172 e. The second-order valence-electron chi connectivity index (χ2n) is 5.00. The molecule has 0 radical (unpaired) electrons. The topological polar surface area (TPSA) is 35.5 Å². The molecule has 2 rings (SSSR count). The average molecular weight is 212 g/mol. The summed E-state index contributed by atoms with van der Waals surface area (Å²) in [6.45, 7) is 5.55. The van der Waals surface area contributed by atoms with Gasteiger partial charge in [0.15, 0.2) is 5.79 Å². The van der Waals surface area contributed by atoms with Crippen LogP contribution >= 0.6 is 0 Å². The van der Waals surface area contributed by atoms with Gasteiger partial charge in [-0.1, -0.05) is 20.3 Å². The van der Waals surface area contributed by atoms with E-state index < -0.39 is 5.79 Å². The van der Waals surface area contributed by atoms with Crippen LogP contribution in [-0.4, -0.2) is 25.3 Å². The number of aldehydes is 1. The summed E-state index contributed by atoms with van der Waals surface area (Å²) < 4.78 is 11.6. The number of ether oxygens (including phenoxy) is 2. The van der Waals surface area contributed by atoms with Crippen molar-refractivity contribution in [2.24, 2.45) is 17.8 Å². The monoisotopic (exact) mass is 212 g/mol. The summed E-state index contributed by atoms with van der Waals surface area (Å²) in [5.74, 6) is 0.473. The van der Waals surface area contributed by atoms with Gasteiger partial charge in [-0.15, -0.1) is 0 Å². The predicted molar refractivity (Wildman–Crippen MR) is 56.4 cm³/mol. The molecular weight excluding hydrogens is 192 g/mol. The molecule has 0 amide bonds. The summed E-state index contributed by atoms with van der Waals surface area (Å²) in [5.41, 5.74) is 0. The Hall–Kier alpha value is -0.410. The first-order chi connectivity index (χ1) is 7.18. The Morgan fingerprint density at radius 1 is 1.33 bits per heavy atom. The largest absolute Gasteiger partial charge is 0.347 e. The fourth-order valence-corrected chi connectivity index (χ4v) is 2.98. The van der Waals surface area contributed by atoms with Gasteiger partial charge in [-0.05, 0) is 12.3 Å². The lowest BCUT2D eigenvalue weighted by Gasteiger charge is -2.43. The highest BCUT2D eigenvalue weighted by Crippen LogP contribution is 2.45. The van der Waals surface area contributed by atoms with E-state index in [1.165, 1.54) is 6.42 Å². The zero-order chi connectivity index (χ0) is 10.9. The SMILES string of the molecule is CC1CCC(C(C)C=O)C2(C1)OCCO2. The van der Waals surface area contributed by atoms with E-state index in [0.717, 1.165) is 19.1 Å². The van der Waals surface area contributed by atoms with Crippen LogP contribution in [0.25, 0.3) is 0 Å². The first-order valence-electron chi connectivity index (χ1n) is 5.91. The summed E-state index contributed by atoms with van der Waals surface area (Å²) >= 11 is 0. The van der Waals surface area contributed by atoms with E-state index in [0.29, 0.717) is 19.1 Å². The molecule has 15 heavy (non-hydrogen) atoms. The minimum atomic E-state index is -0.446. The number of carbonyl (C=O) groups excluding carboxylic acids is 1. The van der Waals surface area contributed by atoms with Crippen molar-refractivity contribution in [3.63, 3.8) is 0 Å². The van der Waals surface area contributed by atoms with Gasteiger partial charge in [0.2, 0.25) is 0 Å². The van der Waals surface area contributed by atoms with E-state index in [1.54, 1.807) is 0 Å². The van der Waals surface area contributed by atoms with Gasteiger partial charge in [0.05, 0.1) is 13.2 Å². The van der Waals surface area contributed by atoms with Gasteiger partial charge < -0.3 is 14.3 Å². The molecule has 3 heteroatoms. The highest BCUT2D eigenvalue weighted by Gasteiger charge is 2.49. The number of rotatable bonds is 2. The first kappa shape index (κ1) is 11.1. The van der Waals surface area contributed by atoms with Crippen LogP contribution in [0.3, 0.4) is 0 Å². The Bertz CT molecular complexity index is 233. The highest BCUT2D eigenvalue weighted by molar-refractivity contribution is 5.53. The average Bonchev–Trinajstić information content (AvgIpc) is 2.66. The molecule has 0 N–H and O–H groups in total. The number of hydrogen-bond acceptors (Lipinski definition) is 3. The molecule has 3 nitrogen and oxygen atoms in total. The molecule has 1 saturated carbocycles. The van der Waals surface area contributed by atoms with Crippen molar-refractivity contribution < 1.29 is 14.3 Å². The van der Waals surface area contributed by atoms with Gasteiger partial charge >= 0.3 is 0 Å². The van der Waals surface area contributed by atoms with E-state index >= 15 is 0 Å². The fourth-order valence-electron chi connectivity index (χ4n) is 2.98. The minimum absolute atomic E-state index is 0.0376. The van der Waals surface area contributed by atoms with Crippen molar-refractivity contribution in [3.8, 4) is 0 Å². The normalized spacial score (nSPS) is 36.7. The van der Waals surface area contributed by atoms with Crippen molar-refractivity contribution in [2.45, 2.75) is 38.9 Å². The molecule has 86 valence electrons. The molecule has 1 saturated heterocycles. The van der Waals surface area contributed by atoms with Crippen molar-refractivity contribution in [3.05, 3.63) is 0 Å². The molecule has 1 aliphatic carbocycles. The summed E-state index contributed by atoms with van der Waals surface area (Å²) in [6.07, 6.45) is 4.20. The van der Waals surface area contributed by atoms with Crippen LogP contribution in [0.4, 0.5) is 0 Å². The maximum atomic E-state index is 10.9. The molecule has 1 aliphatic heterocycles. The zero-order valence-electron chi connectivity index (χ0n) is 9.57. The quantitative estimate of drug-likeness (QED) is 0.657. The van der Waals surface area contributed by atoms with Gasteiger partial charge in [0, 0.05) is 18.3 Å². The summed E-state index contributed by atoms with van der Waals surface area (Å²) in [6, 6.07) is 0. The van der Waals surface area contributed by atoms with E-state index in [2.05, 4.69) is 6.92 Å². The Morgan fingerprint density at radius 2 is 2.00 bits per heavy atom. The molecule has 1 heterocycles. The molecule has 2 fully saturated rings. The fraction of sp³-hybridized carbons (Fsp3) is 0.917. The van der Waals surface area contributed by atoms with Crippen molar-refractivity contribution in [2.75, 3.05) is 13.2 Å². The second kappa shape index (κ2) is 4.22. The smallest absolute Gasteiger partial charge is 0.172 e. The first-order valence-corrected chi connectivity index (χ1v) is 5.91. The van der Waals surface area contributed by atoms with E-state index in [4.69, 9.17) is 9.47 Å². The van der Waals surface area contributed by atoms with Crippen LogP contribution in [-0.2, 0) is 14.3 Å².